The first-order valence-corrected chi connectivity index (χ1v) is 7.40. The molecule has 1 aromatic rings. The van der Waals surface area contributed by atoms with E-state index in [1.807, 2.05) is 12.3 Å². The lowest BCUT2D eigenvalue weighted by molar-refractivity contribution is 0.297. The van der Waals surface area contributed by atoms with Crippen molar-refractivity contribution in [1.82, 2.24) is 4.98 Å². The molecule has 0 aliphatic heterocycles. The maximum atomic E-state index is 7.84. The smallest absolute Gasteiger partial charge is 0.223 e. The van der Waals surface area contributed by atoms with E-state index in [1.165, 1.54) is 11.8 Å². The zero-order valence-corrected chi connectivity index (χ0v) is 15.1. The number of thioether (sulfide) groups is 1. The van der Waals surface area contributed by atoms with Gasteiger partial charge in [0.2, 0.25) is 5.88 Å². The van der Waals surface area contributed by atoms with E-state index in [0.717, 1.165) is 22.0 Å². The van der Waals surface area contributed by atoms with Crippen LogP contribution in [0.5, 0.6) is 5.88 Å². The molecule has 0 bridgehead atoms. The summed E-state index contributed by atoms with van der Waals surface area (Å²) in [5.41, 5.74) is 0.788. The lowest BCUT2D eigenvalue weighted by Crippen LogP contribution is -2.05. The van der Waals surface area contributed by atoms with E-state index < -0.39 is 0 Å². The van der Waals surface area contributed by atoms with E-state index in [9.17, 15) is 0 Å². The van der Waals surface area contributed by atoms with Crippen LogP contribution >= 0.6 is 58.3 Å². The maximum Gasteiger partial charge on any atom is 0.223 e. The fraction of sp³-hybridized carbons (Fsp3) is 0.455. The predicted molar refractivity (Wildman–Crippen MR) is 93.1 cm³/mol. The van der Waals surface area contributed by atoms with Crippen LogP contribution in [-0.2, 0) is 0 Å². The molecule has 3 nitrogen and oxygen atoms in total. The molecule has 0 aromatic carbocycles. The second-order valence-corrected chi connectivity index (χ2v) is 5.30. The van der Waals surface area contributed by atoms with Crippen LogP contribution in [0.15, 0.2) is 12.3 Å². The largest absolute Gasteiger partial charge is 0.477 e. The van der Waals surface area contributed by atoms with Gasteiger partial charge in [-0.3, -0.25) is 5.41 Å². The van der Waals surface area contributed by atoms with Gasteiger partial charge in [-0.1, -0.05) is 13.3 Å². The molecule has 0 saturated carbocycles. The number of unbranched alkanes of at least 4 members (excludes halogenated alkanes) is 1. The van der Waals surface area contributed by atoms with Gasteiger partial charge in [0.1, 0.15) is 0 Å². The molecular formula is C11H16I2N2OS. The van der Waals surface area contributed by atoms with Crippen LogP contribution in [0, 0.1) is 8.98 Å². The monoisotopic (exact) mass is 478 g/mol. The molecular weight excluding hydrogens is 462 g/mol. The lowest BCUT2D eigenvalue weighted by Gasteiger charge is -2.10. The molecule has 0 fully saturated rings. The number of rotatable bonds is 5. The summed E-state index contributed by atoms with van der Waals surface area (Å²) in [5, 5.41) is 8.33. The number of nitrogens with zero attached hydrogens (tertiary/aromatic N) is 1. The summed E-state index contributed by atoms with van der Waals surface area (Å²) in [6, 6.07) is 1.94. The third-order valence-corrected chi connectivity index (χ3v) is 3.22. The van der Waals surface area contributed by atoms with Crippen molar-refractivity contribution in [3.63, 3.8) is 0 Å². The van der Waals surface area contributed by atoms with Crippen LogP contribution in [0.1, 0.15) is 25.3 Å². The van der Waals surface area contributed by atoms with Gasteiger partial charge >= 0.3 is 0 Å². The molecule has 6 heteroatoms. The minimum Gasteiger partial charge on any atom is -0.477 e. The van der Waals surface area contributed by atoms with Crippen molar-refractivity contribution in [2.75, 3.05) is 12.9 Å². The predicted octanol–water partition coefficient (Wildman–Crippen LogP) is 4.17. The number of halogens is 2. The van der Waals surface area contributed by atoms with Crippen LogP contribution < -0.4 is 4.74 Å². The highest BCUT2D eigenvalue weighted by Gasteiger charge is 2.10. The van der Waals surface area contributed by atoms with Crippen molar-refractivity contribution in [1.29, 1.82) is 5.41 Å². The van der Waals surface area contributed by atoms with Gasteiger partial charge in [0.25, 0.3) is 0 Å². The van der Waals surface area contributed by atoms with E-state index in [-0.39, 0.29) is 24.0 Å². The quantitative estimate of drug-likeness (QED) is 0.299. The topological polar surface area (TPSA) is 46.0 Å². The molecule has 1 rings (SSSR count). The van der Waals surface area contributed by atoms with Gasteiger partial charge in [-0.25, -0.2) is 4.98 Å². The molecule has 1 N–H and O–H groups in total. The summed E-state index contributed by atoms with van der Waals surface area (Å²) in [6.07, 6.45) is 5.76. The van der Waals surface area contributed by atoms with Gasteiger partial charge in [-0.05, 0) is 41.3 Å². The third-order valence-electron chi connectivity index (χ3n) is 2.00. The number of nitrogens with one attached hydrogen (secondary N) is 1. The van der Waals surface area contributed by atoms with Crippen molar-refractivity contribution in [3.8, 4) is 5.88 Å². The molecule has 17 heavy (non-hydrogen) atoms. The molecule has 1 heterocycles. The molecule has 1 aromatic heterocycles. The SMILES string of the molecule is CCCCOc1ncc(I)cc1C(=N)SC.I. The van der Waals surface area contributed by atoms with Crippen LogP contribution in [-0.4, -0.2) is 22.9 Å². The average molecular weight is 478 g/mol. The lowest BCUT2D eigenvalue weighted by atomic mass is 10.3. The molecule has 0 aliphatic carbocycles. The van der Waals surface area contributed by atoms with Gasteiger partial charge in [0.15, 0.2) is 0 Å². The average Bonchev–Trinajstić information content (AvgIpc) is 2.30. The van der Waals surface area contributed by atoms with E-state index >= 15 is 0 Å². The zero-order valence-electron chi connectivity index (χ0n) is 9.83. The molecule has 0 unspecified atom stereocenters. The van der Waals surface area contributed by atoms with Crippen LogP contribution in [0.3, 0.4) is 0 Å². The van der Waals surface area contributed by atoms with Crippen LogP contribution in [0.2, 0.25) is 0 Å². The van der Waals surface area contributed by atoms with Crippen LogP contribution in [0.25, 0.3) is 0 Å². The molecule has 0 amide bonds. The zero-order chi connectivity index (χ0) is 12.0. The van der Waals surface area contributed by atoms with Gasteiger partial charge in [0, 0.05) is 9.77 Å². The second-order valence-electron chi connectivity index (χ2n) is 3.24. The highest BCUT2D eigenvalue weighted by Crippen LogP contribution is 2.22. The Morgan fingerprint density at radius 3 is 2.88 bits per heavy atom. The fourth-order valence-electron chi connectivity index (χ4n) is 1.13. The van der Waals surface area contributed by atoms with Crippen molar-refractivity contribution in [2.45, 2.75) is 19.8 Å². The Morgan fingerprint density at radius 2 is 2.29 bits per heavy atom. The molecule has 0 aliphatic rings. The number of ether oxygens (including phenoxy) is 1. The Kier molecular flexibility index (Phi) is 9.61. The van der Waals surface area contributed by atoms with Gasteiger partial charge < -0.3 is 4.74 Å². The van der Waals surface area contributed by atoms with Crippen LogP contribution in [0.4, 0.5) is 0 Å². The number of aromatic nitrogens is 1. The molecule has 0 radical (unpaired) electrons. The van der Waals surface area contributed by atoms with E-state index in [0.29, 0.717) is 17.5 Å². The van der Waals surface area contributed by atoms with E-state index in [4.69, 9.17) is 10.1 Å². The summed E-state index contributed by atoms with van der Waals surface area (Å²) in [7, 11) is 0. The molecule has 0 spiro atoms. The normalized spacial score (nSPS) is 9.59. The summed E-state index contributed by atoms with van der Waals surface area (Å²) >= 11 is 3.59. The second kappa shape index (κ2) is 9.37. The Labute approximate surface area is 137 Å². The maximum absolute atomic E-state index is 7.84. The number of hydrogen-bond acceptors (Lipinski definition) is 4. The minimum atomic E-state index is 0. The first kappa shape index (κ1) is 17.4. The minimum absolute atomic E-state index is 0. The summed E-state index contributed by atoms with van der Waals surface area (Å²) in [6.45, 7) is 2.79. The van der Waals surface area contributed by atoms with Crippen molar-refractivity contribution in [2.24, 2.45) is 0 Å². The van der Waals surface area contributed by atoms with Gasteiger partial charge in [0.05, 0.1) is 17.2 Å². The Hall–Kier alpha value is 0.430. The fourth-order valence-corrected chi connectivity index (χ4v) is 1.94. The Bertz CT molecular complexity index is 374. The summed E-state index contributed by atoms with van der Waals surface area (Å²) < 4.78 is 6.61. The first-order valence-electron chi connectivity index (χ1n) is 5.10. The van der Waals surface area contributed by atoms with Crippen molar-refractivity contribution in [3.05, 3.63) is 21.4 Å². The van der Waals surface area contributed by atoms with E-state index in [2.05, 4.69) is 34.5 Å². The summed E-state index contributed by atoms with van der Waals surface area (Å²) in [4.78, 5) is 4.24. The standard InChI is InChI=1S/C11H15IN2OS.HI/c1-3-4-5-15-11-9(10(13)16-2)6-8(12)7-14-11;/h6-7,13H,3-5H2,1-2H3;1H. The number of pyridine rings is 1. The Morgan fingerprint density at radius 1 is 1.59 bits per heavy atom. The third kappa shape index (κ3) is 5.73. The first-order chi connectivity index (χ1) is 7.69. The molecule has 0 saturated heterocycles. The molecule has 96 valence electrons. The highest BCUT2D eigenvalue weighted by molar-refractivity contribution is 14.1. The van der Waals surface area contributed by atoms with Crippen molar-refractivity contribution < 1.29 is 4.74 Å². The van der Waals surface area contributed by atoms with Gasteiger partial charge in [-0.2, -0.15) is 0 Å². The van der Waals surface area contributed by atoms with Gasteiger partial charge in [-0.15, -0.1) is 35.7 Å². The van der Waals surface area contributed by atoms with E-state index in [1.54, 1.807) is 6.20 Å². The Balaban J connectivity index is 0.00000256. The number of hydrogen-bond donors (Lipinski definition) is 1. The van der Waals surface area contributed by atoms with Crippen molar-refractivity contribution >= 4 is 63.4 Å². The highest BCUT2D eigenvalue weighted by atomic mass is 127. The molecule has 0 atom stereocenters. The summed E-state index contributed by atoms with van der Waals surface area (Å²) in [5.74, 6) is 0.577.